The summed E-state index contributed by atoms with van der Waals surface area (Å²) in [5.74, 6) is -1.72. The second kappa shape index (κ2) is 7.40. The Morgan fingerprint density at radius 1 is 1.48 bits per heavy atom. The van der Waals surface area contributed by atoms with E-state index in [2.05, 4.69) is 5.32 Å². The molecule has 118 valence electrons. The minimum atomic E-state index is -4.17. The fraction of sp³-hybridized carbons (Fsp3) is 0.417. The van der Waals surface area contributed by atoms with E-state index in [-0.39, 0.29) is 11.6 Å². The van der Waals surface area contributed by atoms with E-state index >= 15 is 0 Å². The van der Waals surface area contributed by atoms with Crippen LogP contribution in [0.3, 0.4) is 0 Å². The van der Waals surface area contributed by atoms with Gasteiger partial charge in [-0.3, -0.25) is 4.79 Å². The Hall–Kier alpha value is -0.890. The highest BCUT2D eigenvalue weighted by atomic mass is 35.7. The summed E-state index contributed by atoms with van der Waals surface area (Å²) in [6, 6.07) is 1.34. The van der Waals surface area contributed by atoms with Gasteiger partial charge in [0.1, 0.15) is 5.82 Å². The first kappa shape index (κ1) is 18.2. The van der Waals surface area contributed by atoms with Crippen LogP contribution in [0.2, 0.25) is 5.02 Å². The van der Waals surface area contributed by atoms with Gasteiger partial charge >= 0.3 is 0 Å². The number of carbonyl (C=O) groups excluding carboxylic acids is 1. The molecule has 0 aliphatic rings. The number of hydrogen-bond acceptors (Lipinski definition) is 4. The van der Waals surface area contributed by atoms with E-state index in [0.29, 0.717) is 19.1 Å². The van der Waals surface area contributed by atoms with Crippen molar-refractivity contribution in [3.63, 3.8) is 0 Å². The SMILES string of the molecule is COCCC(C)NC(=O)c1cc(S(=O)(=O)Cl)cc(F)c1Cl. The van der Waals surface area contributed by atoms with Gasteiger partial charge in [-0.1, -0.05) is 11.6 Å². The first-order chi connectivity index (χ1) is 9.66. The van der Waals surface area contributed by atoms with Crippen LogP contribution in [0.4, 0.5) is 4.39 Å². The van der Waals surface area contributed by atoms with Gasteiger partial charge in [-0.2, -0.15) is 0 Å². The van der Waals surface area contributed by atoms with Crippen LogP contribution >= 0.6 is 22.3 Å². The van der Waals surface area contributed by atoms with Crippen LogP contribution in [0.5, 0.6) is 0 Å². The summed E-state index contributed by atoms with van der Waals surface area (Å²) >= 11 is 5.70. The van der Waals surface area contributed by atoms with Gasteiger partial charge in [0.05, 0.1) is 15.5 Å². The zero-order valence-corrected chi connectivity index (χ0v) is 13.6. The standard InChI is InChI=1S/C12H14Cl2FNO4S/c1-7(3-4-20-2)16-12(17)9-5-8(21(14,18)19)6-10(15)11(9)13/h5-7H,3-4H2,1-2H3,(H,16,17). The molecule has 1 aromatic carbocycles. The average Bonchev–Trinajstić information content (AvgIpc) is 2.37. The first-order valence-corrected chi connectivity index (χ1v) is 8.59. The summed E-state index contributed by atoms with van der Waals surface area (Å²) in [6.07, 6.45) is 0.538. The van der Waals surface area contributed by atoms with Crippen LogP contribution in [0, 0.1) is 5.82 Å². The van der Waals surface area contributed by atoms with Crippen molar-refractivity contribution in [2.24, 2.45) is 0 Å². The average molecular weight is 358 g/mol. The predicted octanol–water partition coefficient (Wildman–Crippen LogP) is 2.56. The first-order valence-electron chi connectivity index (χ1n) is 5.90. The van der Waals surface area contributed by atoms with E-state index in [4.69, 9.17) is 27.0 Å². The lowest BCUT2D eigenvalue weighted by Crippen LogP contribution is -2.33. The van der Waals surface area contributed by atoms with Crippen LogP contribution in [0.25, 0.3) is 0 Å². The largest absolute Gasteiger partial charge is 0.385 e. The van der Waals surface area contributed by atoms with Crippen molar-refractivity contribution in [2.45, 2.75) is 24.3 Å². The van der Waals surface area contributed by atoms with Crippen molar-refractivity contribution >= 4 is 37.2 Å². The maximum absolute atomic E-state index is 13.6. The van der Waals surface area contributed by atoms with E-state index in [1.807, 2.05) is 0 Å². The molecule has 1 amide bonds. The van der Waals surface area contributed by atoms with E-state index in [9.17, 15) is 17.6 Å². The minimum absolute atomic E-state index is 0.257. The highest BCUT2D eigenvalue weighted by Crippen LogP contribution is 2.26. The summed E-state index contributed by atoms with van der Waals surface area (Å²) in [6.45, 7) is 2.16. The highest BCUT2D eigenvalue weighted by molar-refractivity contribution is 8.13. The van der Waals surface area contributed by atoms with Gasteiger partial charge in [0.2, 0.25) is 0 Å². The molecule has 9 heteroatoms. The smallest absolute Gasteiger partial charge is 0.261 e. The molecule has 0 spiro atoms. The molecule has 1 aromatic rings. The molecule has 0 aliphatic carbocycles. The Morgan fingerprint density at radius 3 is 2.62 bits per heavy atom. The molecule has 1 atom stereocenters. The number of halogens is 3. The number of ether oxygens (including phenoxy) is 1. The van der Waals surface area contributed by atoms with Crippen molar-refractivity contribution in [3.8, 4) is 0 Å². The third kappa shape index (κ3) is 5.10. The molecule has 1 rings (SSSR count). The van der Waals surface area contributed by atoms with Crippen molar-refractivity contribution in [1.82, 2.24) is 5.32 Å². The van der Waals surface area contributed by atoms with Gasteiger partial charge in [-0.05, 0) is 25.5 Å². The molecule has 0 saturated carbocycles. The Balaban J connectivity index is 3.06. The van der Waals surface area contributed by atoms with E-state index in [1.54, 1.807) is 6.92 Å². The predicted molar refractivity (Wildman–Crippen MR) is 77.9 cm³/mol. The van der Waals surface area contributed by atoms with Crippen LogP contribution in [0.1, 0.15) is 23.7 Å². The van der Waals surface area contributed by atoms with Gasteiger partial charge < -0.3 is 10.1 Å². The summed E-state index contributed by atoms with van der Waals surface area (Å²) < 4.78 is 41.0. The summed E-state index contributed by atoms with van der Waals surface area (Å²) in [5, 5.41) is 2.11. The lowest BCUT2D eigenvalue weighted by molar-refractivity contribution is 0.0929. The molecular formula is C12H14Cl2FNO4S. The molecule has 1 N–H and O–H groups in total. The fourth-order valence-corrected chi connectivity index (χ4v) is 2.50. The van der Waals surface area contributed by atoms with Crippen molar-refractivity contribution in [1.29, 1.82) is 0 Å². The highest BCUT2D eigenvalue weighted by Gasteiger charge is 2.21. The number of nitrogens with one attached hydrogen (secondary N) is 1. The van der Waals surface area contributed by atoms with Crippen molar-refractivity contribution in [3.05, 3.63) is 28.5 Å². The lowest BCUT2D eigenvalue weighted by atomic mass is 10.1. The van der Waals surface area contributed by atoms with Gasteiger partial charge in [0.25, 0.3) is 15.0 Å². The summed E-state index contributed by atoms with van der Waals surface area (Å²) in [4.78, 5) is 11.5. The van der Waals surface area contributed by atoms with Gasteiger partial charge in [0.15, 0.2) is 0 Å². The maximum Gasteiger partial charge on any atom is 0.261 e. The summed E-state index contributed by atoms with van der Waals surface area (Å²) in [5.41, 5.74) is -0.292. The monoisotopic (exact) mass is 357 g/mol. The second-order valence-electron chi connectivity index (χ2n) is 4.36. The Bertz CT molecular complexity index is 636. The van der Waals surface area contributed by atoms with E-state index < -0.39 is 30.7 Å². The molecule has 5 nitrogen and oxygen atoms in total. The van der Waals surface area contributed by atoms with Crippen LogP contribution in [-0.2, 0) is 13.8 Å². The maximum atomic E-state index is 13.6. The quantitative estimate of drug-likeness (QED) is 0.794. The van der Waals surface area contributed by atoms with Crippen LogP contribution < -0.4 is 5.32 Å². The number of carbonyl (C=O) groups is 1. The van der Waals surface area contributed by atoms with Crippen molar-refractivity contribution < 1.29 is 22.3 Å². The molecule has 0 saturated heterocycles. The number of methoxy groups -OCH3 is 1. The molecule has 21 heavy (non-hydrogen) atoms. The number of hydrogen-bond donors (Lipinski definition) is 1. The molecule has 0 aromatic heterocycles. The molecule has 0 fully saturated rings. The minimum Gasteiger partial charge on any atom is -0.385 e. The zero-order valence-electron chi connectivity index (χ0n) is 11.3. The molecule has 0 aliphatic heterocycles. The van der Waals surface area contributed by atoms with Gasteiger partial charge in [-0.15, -0.1) is 0 Å². The van der Waals surface area contributed by atoms with Crippen LogP contribution in [-0.4, -0.2) is 34.1 Å². The number of rotatable bonds is 6. The Morgan fingerprint density at radius 2 is 2.10 bits per heavy atom. The van der Waals surface area contributed by atoms with Crippen molar-refractivity contribution in [2.75, 3.05) is 13.7 Å². The molecule has 0 heterocycles. The third-order valence-corrected chi connectivity index (χ3v) is 4.38. The van der Waals surface area contributed by atoms with Gasteiger partial charge in [-0.25, -0.2) is 12.8 Å². The van der Waals surface area contributed by atoms with E-state index in [0.717, 1.165) is 6.07 Å². The fourth-order valence-electron chi connectivity index (χ4n) is 1.54. The normalized spacial score (nSPS) is 13.0. The van der Waals surface area contributed by atoms with Gasteiger partial charge in [0, 0.05) is 30.4 Å². The summed E-state index contributed by atoms with van der Waals surface area (Å²) in [7, 11) is 2.50. The molecular weight excluding hydrogens is 344 g/mol. The topological polar surface area (TPSA) is 72.5 Å². The number of amides is 1. The Kier molecular flexibility index (Phi) is 6.40. The molecule has 1 unspecified atom stereocenters. The molecule has 0 radical (unpaired) electrons. The number of benzene rings is 1. The molecule has 0 bridgehead atoms. The van der Waals surface area contributed by atoms with E-state index in [1.165, 1.54) is 7.11 Å². The van der Waals surface area contributed by atoms with Crippen LogP contribution in [0.15, 0.2) is 17.0 Å². The Labute approximate surface area is 131 Å². The third-order valence-electron chi connectivity index (χ3n) is 2.66. The lowest BCUT2D eigenvalue weighted by Gasteiger charge is -2.14. The zero-order chi connectivity index (χ0) is 16.2. The second-order valence-corrected chi connectivity index (χ2v) is 7.30.